The van der Waals surface area contributed by atoms with Gasteiger partial charge in [-0.3, -0.25) is 4.79 Å². The fourth-order valence-corrected chi connectivity index (χ4v) is 3.91. The number of likely N-dealkylation sites (tertiary alicyclic amines) is 1. The summed E-state index contributed by atoms with van der Waals surface area (Å²) in [5.41, 5.74) is 8.75. The van der Waals surface area contributed by atoms with Crippen LogP contribution >= 0.6 is 0 Å². The lowest BCUT2D eigenvalue weighted by atomic mass is 9.89. The van der Waals surface area contributed by atoms with Crippen LogP contribution in [0.4, 0.5) is 14.7 Å². The molecule has 2 aromatic carbocycles. The van der Waals surface area contributed by atoms with Crippen molar-refractivity contribution in [2.45, 2.75) is 25.2 Å². The number of nitrogens with two attached hydrogens (primary N) is 1. The Bertz CT molecular complexity index is 1060. The van der Waals surface area contributed by atoms with E-state index < -0.39 is 0 Å². The number of aromatic nitrogens is 2. The first-order valence-electron chi connectivity index (χ1n) is 9.90. The summed E-state index contributed by atoms with van der Waals surface area (Å²) in [6.45, 7) is 1.16. The van der Waals surface area contributed by atoms with Crippen LogP contribution in [-0.2, 0) is 11.2 Å². The lowest BCUT2D eigenvalue weighted by molar-refractivity contribution is -0.131. The summed E-state index contributed by atoms with van der Waals surface area (Å²) in [5.74, 6) is -0.550. The van der Waals surface area contributed by atoms with Crippen molar-refractivity contribution in [1.29, 1.82) is 0 Å². The molecule has 0 spiro atoms. The fraction of sp³-hybridized carbons (Fsp3) is 0.261. The van der Waals surface area contributed by atoms with Crippen LogP contribution in [0.25, 0.3) is 11.1 Å². The van der Waals surface area contributed by atoms with Crippen molar-refractivity contribution in [3.8, 4) is 11.1 Å². The van der Waals surface area contributed by atoms with Crippen molar-refractivity contribution in [2.24, 2.45) is 0 Å². The number of carbonyl (C=O) groups excluding carboxylic acids is 1. The number of carbonyl (C=O) groups is 1. The number of hydrogen-bond acceptors (Lipinski definition) is 4. The molecule has 1 fully saturated rings. The van der Waals surface area contributed by atoms with Crippen molar-refractivity contribution in [3.05, 3.63) is 77.6 Å². The van der Waals surface area contributed by atoms with Crippen molar-refractivity contribution in [3.63, 3.8) is 0 Å². The fourth-order valence-electron chi connectivity index (χ4n) is 3.91. The Balaban J connectivity index is 1.56. The molecule has 30 heavy (non-hydrogen) atoms. The van der Waals surface area contributed by atoms with Crippen LogP contribution in [0, 0.1) is 11.6 Å². The second-order valence-electron chi connectivity index (χ2n) is 7.52. The van der Waals surface area contributed by atoms with E-state index in [2.05, 4.69) is 9.97 Å². The minimum Gasteiger partial charge on any atom is -0.368 e. The summed E-state index contributed by atoms with van der Waals surface area (Å²) in [7, 11) is 0. The normalized spacial score (nSPS) is 16.5. The number of piperidine rings is 1. The van der Waals surface area contributed by atoms with Crippen molar-refractivity contribution in [1.82, 2.24) is 14.9 Å². The summed E-state index contributed by atoms with van der Waals surface area (Å²) < 4.78 is 26.9. The number of amides is 1. The summed E-state index contributed by atoms with van der Waals surface area (Å²) in [6, 6.07) is 12.2. The van der Waals surface area contributed by atoms with E-state index >= 15 is 0 Å². The van der Waals surface area contributed by atoms with Gasteiger partial charge in [-0.05, 0) is 48.2 Å². The molecule has 5 nitrogen and oxygen atoms in total. The maximum atomic E-state index is 13.8. The third kappa shape index (κ3) is 4.45. The van der Waals surface area contributed by atoms with E-state index in [0.29, 0.717) is 18.7 Å². The van der Waals surface area contributed by atoms with E-state index in [-0.39, 0.29) is 35.8 Å². The van der Waals surface area contributed by atoms with Gasteiger partial charge in [0.2, 0.25) is 11.9 Å². The number of anilines is 1. The molecule has 1 aromatic heterocycles. The molecule has 1 atom stereocenters. The summed E-state index contributed by atoms with van der Waals surface area (Å²) in [5, 5.41) is 0. The Morgan fingerprint density at radius 2 is 1.93 bits per heavy atom. The van der Waals surface area contributed by atoms with Gasteiger partial charge in [0.25, 0.3) is 0 Å². The van der Waals surface area contributed by atoms with E-state index in [9.17, 15) is 13.6 Å². The van der Waals surface area contributed by atoms with E-state index in [1.807, 2.05) is 11.0 Å². The minimum absolute atomic E-state index is 0.0133. The zero-order valence-corrected chi connectivity index (χ0v) is 16.4. The average Bonchev–Trinajstić information content (AvgIpc) is 2.75. The summed E-state index contributed by atoms with van der Waals surface area (Å²) in [4.78, 5) is 23.2. The molecule has 1 saturated heterocycles. The third-order valence-corrected chi connectivity index (χ3v) is 5.40. The highest BCUT2D eigenvalue weighted by molar-refractivity contribution is 5.79. The number of rotatable bonds is 4. The van der Waals surface area contributed by atoms with E-state index in [4.69, 9.17) is 5.73 Å². The largest absolute Gasteiger partial charge is 0.368 e. The molecule has 7 heteroatoms. The topological polar surface area (TPSA) is 72.1 Å². The predicted molar refractivity (Wildman–Crippen MR) is 110 cm³/mol. The quantitative estimate of drug-likeness (QED) is 0.710. The van der Waals surface area contributed by atoms with E-state index in [1.54, 1.807) is 24.4 Å². The van der Waals surface area contributed by atoms with Crippen LogP contribution in [0.3, 0.4) is 0 Å². The Morgan fingerprint density at radius 1 is 1.13 bits per heavy atom. The standard InChI is InChI=1S/C23H22F2N4O/c24-18-8-6-15(7-9-18)11-21(30)29-10-2-4-17(14-29)22-20(13-27-23(26)28-22)16-3-1-5-19(25)12-16/h1,3,5-9,12-13,17H,2,4,10-11,14H2,(H2,26,27,28). The summed E-state index contributed by atoms with van der Waals surface area (Å²) in [6.07, 6.45) is 3.51. The second-order valence-corrected chi connectivity index (χ2v) is 7.52. The zero-order chi connectivity index (χ0) is 21.1. The van der Waals surface area contributed by atoms with E-state index in [0.717, 1.165) is 29.7 Å². The minimum atomic E-state index is -0.338. The second kappa shape index (κ2) is 8.57. The van der Waals surface area contributed by atoms with Gasteiger partial charge in [0.1, 0.15) is 11.6 Å². The lowest BCUT2D eigenvalue weighted by Gasteiger charge is -2.33. The molecule has 4 rings (SSSR count). The monoisotopic (exact) mass is 408 g/mol. The molecule has 1 amide bonds. The Kier molecular flexibility index (Phi) is 5.70. The van der Waals surface area contributed by atoms with Gasteiger partial charge in [-0.2, -0.15) is 0 Å². The molecule has 1 aliphatic rings. The lowest BCUT2D eigenvalue weighted by Crippen LogP contribution is -2.40. The molecular weight excluding hydrogens is 386 g/mol. The molecule has 0 bridgehead atoms. The van der Waals surface area contributed by atoms with Crippen LogP contribution in [0.2, 0.25) is 0 Å². The van der Waals surface area contributed by atoms with Crippen LogP contribution in [-0.4, -0.2) is 33.9 Å². The average molecular weight is 408 g/mol. The van der Waals surface area contributed by atoms with Gasteiger partial charge in [0.05, 0.1) is 12.1 Å². The predicted octanol–water partition coefficient (Wildman–Crippen LogP) is 3.95. The molecule has 1 aliphatic heterocycles. The highest BCUT2D eigenvalue weighted by Gasteiger charge is 2.28. The van der Waals surface area contributed by atoms with Crippen LogP contribution in [0.15, 0.2) is 54.7 Å². The van der Waals surface area contributed by atoms with Crippen molar-refractivity contribution in [2.75, 3.05) is 18.8 Å². The number of nitrogens with zero attached hydrogens (tertiary/aromatic N) is 3. The SMILES string of the molecule is Nc1ncc(-c2cccc(F)c2)c(C2CCCN(C(=O)Cc3ccc(F)cc3)C2)n1. The number of halogens is 2. The molecule has 1 unspecified atom stereocenters. The summed E-state index contributed by atoms with van der Waals surface area (Å²) >= 11 is 0. The zero-order valence-electron chi connectivity index (χ0n) is 16.4. The van der Waals surface area contributed by atoms with Crippen LogP contribution in [0.1, 0.15) is 30.0 Å². The Labute approximate surface area is 173 Å². The van der Waals surface area contributed by atoms with Gasteiger partial charge < -0.3 is 10.6 Å². The smallest absolute Gasteiger partial charge is 0.227 e. The molecule has 2 N–H and O–H groups in total. The molecule has 3 aromatic rings. The van der Waals surface area contributed by atoms with Crippen molar-refractivity contribution < 1.29 is 13.6 Å². The maximum Gasteiger partial charge on any atom is 0.227 e. The first kappa shape index (κ1) is 19.9. The Morgan fingerprint density at radius 3 is 2.70 bits per heavy atom. The third-order valence-electron chi connectivity index (χ3n) is 5.40. The van der Waals surface area contributed by atoms with Gasteiger partial charge >= 0.3 is 0 Å². The first-order chi connectivity index (χ1) is 14.5. The molecule has 2 heterocycles. The molecule has 0 aliphatic carbocycles. The van der Waals surface area contributed by atoms with E-state index in [1.165, 1.54) is 24.3 Å². The van der Waals surface area contributed by atoms with Crippen molar-refractivity contribution >= 4 is 11.9 Å². The van der Waals surface area contributed by atoms with Gasteiger partial charge in [0.15, 0.2) is 0 Å². The number of benzene rings is 2. The molecule has 0 saturated carbocycles. The molecule has 154 valence electrons. The number of hydrogen-bond donors (Lipinski definition) is 1. The highest BCUT2D eigenvalue weighted by Crippen LogP contribution is 2.33. The van der Waals surface area contributed by atoms with Gasteiger partial charge in [0, 0.05) is 30.8 Å². The van der Waals surface area contributed by atoms with Crippen LogP contribution in [0.5, 0.6) is 0 Å². The Hall–Kier alpha value is -3.35. The molecule has 0 radical (unpaired) electrons. The van der Waals surface area contributed by atoms with Gasteiger partial charge in [-0.15, -0.1) is 0 Å². The van der Waals surface area contributed by atoms with Gasteiger partial charge in [-0.1, -0.05) is 24.3 Å². The maximum absolute atomic E-state index is 13.8. The van der Waals surface area contributed by atoms with Gasteiger partial charge in [-0.25, -0.2) is 18.7 Å². The highest BCUT2D eigenvalue weighted by atomic mass is 19.1. The molecular formula is C23H22F2N4O. The van der Waals surface area contributed by atoms with Crippen LogP contribution < -0.4 is 5.73 Å². The number of nitrogen functional groups attached to an aromatic ring is 1. The first-order valence-corrected chi connectivity index (χ1v) is 9.90.